The van der Waals surface area contributed by atoms with Gasteiger partial charge < -0.3 is 10.5 Å². The molecule has 2 aliphatic rings. The zero-order valence-corrected chi connectivity index (χ0v) is 10.6. The monoisotopic (exact) mass is 238 g/mol. The Morgan fingerprint density at radius 1 is 1.50 bits per heavy atom. The van der Waals surface area contributed by atoms with Crippen LogP contribution in [0.15, 0.2) is 0 Å². The van der Waals surface area contributed by atoms with Crippen LogP contribution < -0.4 is 5.73 Å². The molecule has 3 unspecified atom stereocenters. The fraction of sp³-hybridized carbons (Fsp3) is 0.750. The summed E-state index contributed by atoms with van der Waals surface area (Å²) in [6, 6.07) is 0. The molecule has 3 heterocycles. The molecular weight excluding hydrogens is 220 g/mol. The lowest BCUT2D eigenvalue weighted by atomic mass is 9.80. The van der Waals surface area contributed by atoms with Gasteiger partial charge in [0.1, 0.15) is 0 Å². The highest BCUT2D eigenvalue weighted by Gasteiger charge is 2.50. The Bertz CT molecular complexity index is 398. The number of hydrogen-bond donors (Lipinski definition) is 1. The summed E-state index contributed by atoms with van der Waals surface area (Å²) in [4.78, 5) is 5.89. The molecule has 3 atom stereocenters. The second-order valence-corrected chi connectivity index (χ2v) is 6.48. The molecule has 0 spiro atoms. The number of thiazole rings is 1. The minimum absolute atomic E-state index is 0.153. The Labute approximate surface area is 100 Å². The Balaban J connectivity index is 1.79. The van der Waals surface area contributed by atoms with Crippen LogP contribution in [0.25, 0.3) is 0 Å². The number of rotatable bonds is 2. The van der Waals surface area contributed by atoms with E-state index in [0.717, 1.165) is 25.0 Å². The summed E-state index contributed by atoms with van der Waals surface area (Å²) in [5.74, 6) is 0. The predicted molar refractivity (Wildman–Crippen MR) is 64.7 cm³/mol. The highest BCUT2D eigenvalue weighted by molar-refractivity contribution is 7.11. The third-order valence-corrected chi connectivity index (χ3v) is 4.98. The van der Waals surface area contributed by atoms with E-state index in [1.807, 2.05) is 0 Å². The lowest BCUT2D eigenvalue weighted by Gasteiger charge is -2.30. The fourth-order valence-electron chi connectivity index (χ4n) is 2.92. The first-order chi connectivity index (χ1) is 7.57. The minimum atomic E-state index is -0.153. The van der Waals surface area contributed by atoms with Gasteiger partial charge in [-0.25, -0.2) is 4.98 Å². The first-order valence-corrected chi connectivity index (χ1v) is 6.76. The Morgan fingerprint density at radius 2 is 2.31 bits per heavy atom. The quantitative estimate of drug-likeness (QED) is 0.856. The van der Waals surface area contributed by atoms with Crippen molar-refractivity contribution in [2.24, 2.45) is 5.73 Å². The van der Waals surface area contributed by atoms with E-state index in [0.29, 0.717) is 6.10 Å². The van der Waals surface area contributed by atoms with Crippen LogP contribution in [0, 0.1) is 13.8 Å². The van der Waals surface area contributed by atoms with Gasteiger partial charge in [-0.05, 0) is 33.1 Å². The van der Waals surface area contributed by atoms with Crippen molar-refractivity contribution in [2.75, 3.05) is 0 Å². The lowest BCUT2D eigenvalue weighted by Crippen LogP contribution is -2.50. The van der Waals surface area contributed by atoms with Gasteiger partial charge in [0.15, 0.2) is 0 Å². The van der Waals surface area contributed by atoms with Crippen molar-refractivity contribution in [1.29, 1.82) is 0 Å². The van der Waals surface area contributed by atoms with Gasteiger partial charge >= 0.3 is 0 Å². The van der Waals surface area contributed by atoms with Crippen LogP contribution in [0.2, 0.25) is 0 Å². The summed E-state index contributed by atoms with van der Waals surface area (Å²) < 4.78 is 5.85. The summed E-state index contributed by atoms with van der Waals surface area (Å²) in [6.07, 6.45) is 4.89. The van der Waals surface area contributed by atoms with Crippen molar-refractivity contribution in [3.63, 3.8) is 0 Å². The molecule has 2 aliphatic heterocycles. The Hall–Kier alpha value is -0.450. The number of fused-ring (bicyclic) bond motifs is 2. The van der Waals surface area contributed by atoms with Crippen LogP contribution in [0.3, 0.4) is 0 Å². The van der Waals surface area contributed by atoms with Crippen LogP contribution in [0.4, 0.5) is 0 Å². The van der Waals surface area contributed by atoms with Crippen LogP contribution >= 0.6 is 11.3 Å². The number of ether oxygens (including phenoxy) is 1. The van der Waals surface area contributed by atoms with E-state index in [-0.39, 0.29) is 11.6 Å². The van der Waals surface area contributed by atoms with E-state index in [1.165, 1.54) is 16.3 Å². The third-order valence-electron chi connectivity index (χ3n) is 3.91. The number of nitrogens with two attached hydrogens (primary N) is 1. The van der Waals surface area contributed by atoms with E-state index < -0.39 is 0 Å². The van der Waals surface area contributed by atoms with Crippen molar-refractivity contribution in [3.8, 4) is 0 Å². The molecule has 2 fully saturated rings. The predicted octanol–water partition coefficient (Wildman–Crippen LogP) is 1.95. The van der Waals surface area contributed by atoms with Crippen molar-refractivity contribution in [3.05, 3.63) is 15.6 Å². The van der Waals surface area contributed by atoms with Gasteiger partial charge in [-0.2, -0.15) is 0 Å². The normalized spacial score (nSPS) is 37.2. The standard InChI is InChI=1S/C12H18N2OS/c1-7-8(2)16-11(14-7)6-12(13)5-9-3-4-10(12)15-9/h9-10H,3-6,13H2,1-2H3. The van der Waals surface area contributed by atoms with Gasteiger partial charge in [0.2, 0.25) is 0 Å². The van der Waals surface area contributed by atoms with Crippen molar-refractivity contribution >= 4 is 11.3 Å². The maximum atomic E-state index is 6.48. The minimum Gasteiger partial charge on any atom is -0.373 e. The molecule has 0 aromatic carbocycles. The molecule has 4 heteroatoms. The molecule has 2 saturated heterocycles. The van der Waals surface area contributed by atoms with Crippen molar-refractivity contribution in [1.82, 2.24) is 4.98 Å². The molecule has 0 radical (unpaired) electrons. The highest BCUT2D eigenvalue weighted by Crippen LogP contribution is 2.42. The molecule has 0 amide bonds. The van der Waals surface area contributed by atoms with Crippen LogP contribution in [0.1, 0.15) is 34.8 Å². The lowest BCUT2D eigenvalue weighted by molar-refractivity contribution is 0.0856. The molecule has 3 rings (SSSR count). The second-order valence-electron chi connectivity index (χ2n) is 5.19. The van der Waals surface area contributed by atoms with Crippen molar-refractivity contribution < 1.29 is 4.74 Å². The van der Waals surface area contributed by atoms with Crippen LogP contribution in [0.5, 0.6) is 0 Å². The van der Waals surface area contributed by atoms with E-state index in [1.54, 1.807) is 11.3 Å². The number of nitrogens with zero attached hydrogens (tertiary/aromatic N) is 1. The number of aryl methyl sites for hydroxylation is 2. The summed E-state index contributed by atoms with van der Waals surface area (Å²) in [7, 11) is 0. The van der Waals surface area contributed by atoms with E-state index >= 15 is 0 Å². The van der Waals surface area contributed by atoms with Gasteiger partial charge in [0, 0.05) is 11.3 Å². The molecule has 16 heavy (non-hydrogen) atoms. The van der Waals surface area contributed by atoms with Gasteiger partial charge in [-0.15, -0.1) is 11.3 Å². The topological polar surface area (TPSA) is 48.1 Å². The Morgan fingerprint density at radius 3 is 2.81 bits per heavy atom. The molecular formula is C12H18N2OS. The first-order valence-electron chi connectivity index (χ1n) is 5.94. The largest absolute Gasteiger partial charge is 0.373 e. The van der Waals surface area contributed by atoms with E-state index in [9.17, 15) is 0 Å². The highest BCUT2D eigenvalue weighted by atomic mass is 32.1. The molecule has 1 aromatic heterocycles. The van der Waals surface area contributed by atoms with Crippen LogP contribution in [-0.4, -0.2) is 22.7 Å². The van der Waals surface area contributed by atoms with E-state index in [4.69, 9.17) is 10.5 Å². The molecule has 3 nitrogen and oxygen atoms in total. The number of aromatic nitrogens is 1. The van der Waals surface area contributed by atoms with Gasteiger partial charge in [0.05, 0.1) is 28.4 Å². The second kappa shape index (κ2) is 3.52. The average Bonchev–Trinajstić information content (AvgIpc) is 2.82. The van der Waals surface area contributed by atoms with Gasteiger partial charge in [-0.1, -0.05) is 0 Å². The van der Waals surface area contributed by atoms with Gasteiger partial charge in [-0.3, -0.25) is 0 Å². The Kier molecular flexibility index (Phi) is 2.35. The smallest absolute Gasteiger partial charge is 0.0950 e. The molecule has 0 aliphatic carbocycles. The molecule has 0 saturated carbocycles. The van der Waals surface area contributed by atoms with Crippen molar-refractivity contribution in [2.45, 2.75) is 57.3 Å². The maximum Gasteiger partial charge on any atom is 0.0950 e. The summed E-state index contributed by atoms with van der Waals surface area (Å²) in [6.45, 7) is 4.19. The zero-order chi connectivity index (χ0) is 11.3. The number of hydrogen-bond acceptors (Lipinski definition) is 4. The fourth-order valence-corrected chi connectivity index (χ4v) is 3.99. The molecule has 2 N–H and O–H groups in total. The SMILES string of the molecule is Cc1nc(CC2(N)CC3CCC2O3)sc1C. The maximum absolute atomic E-state index is 6.48. The molecule has 2 bridgehead atoms. The first kappa shape index (κ1) is 10.7. The van der Waals surface area contributed by atoms with Gasteiger partial charge in [0.25, 0.3) is 0 Å². The summed E-state index contributed by atoms with van der Waals surface area (Å²) in [5.41, 5.74) is 7.47. The van der Waals surface area contributed by atoms with E-state index in [2.05, 4.69) is 18.8 Å². The average molecular weight is 238 g/mol. The zero-order valence-electron chi connectivity index (χ0n) is 9.82. The summed E-state index contributed by atoms with van der Waals surface area (Å²) in [5, 5.41) is 1.17. The summed E-state index contributed by atoms with van der Waals surface area (Å²) >= 11 is 1.78. The third kappa shape index (κ3) is 1.60. The molecule has 1 aromatic rings. The molecule has 88 valence electrons. The van der Waals surface area contributed by atoms with Crippen LogP contribution in [-0.2, 0) is 11.2 Å².